The molecule has 0 heterocycles. The molecular weight excluding hydrogens is 1010 g/mol. The predicted octanol–water partition coefficient (Wildman–Crippen LogP) is 19.6. The Morgan fingerprint density at radius 1 is 0.388 bits per heavy atom. The van der Waals surface area contributed by atoms with Gasteiger partial charge in [0.15, 0.2) is 6.10 Å². The molecule has 0 aromatic heterocycles. The molecule has 80 heavy (non-hydrogen) atoms. The largest absolute Gasteiger partial charge is 0.756 e. The Balaban J connectivity index is 4.08. The predicted molar refractivity (Wildman–Crippen MR) is 341 cm³/mol. The minimum absolute atomic E-state index is 0.0417. The van der Waals surface area contributed by atoms with Crippen LogP contribution in [0.4, 0.5) is 0 Å². The Labute approximate surface area is 491 Å². The van der Waals surface area contributed by atoms with Crippen LogP contribution in [-0.2, 0) is 32.7 Å². The molecule has 0 aromatic rings. The van der Waals surface area contributed by atoms with Crippen molar-refractivity contribution >= 4 is 19.8 Å². The first kappa shape index (κ1) is 75.9. The molecule has 0 N–H and O–H groups in total. The Morgan fingerprint density at radius 2 is 0.675 bits per heavy atom. The van der Waals surface area contributed by atoms with Crippen LogP contribution in [0.5, 0.6) is 0 Å². The maximum absolute atomic E-state index is 12.8. The van der Waals surface area contributed by atoms with E-state index in [1.165, 1.54) is 70.6 Å². The molecule has 0 aliphatic heterocycles. The first-order chi connectivity index (χ1) is 39.0. The fourth-order valence-electron chi connectivity index (χ4n) is 8.07. The van der Waals surface area contributed by atoms with Crippen molar-refractivity contribution in [3.05, 3.63) is 146 Å². The number of hydrogen-bond acceptors (Lipinski definition) is 8. The number of allylic oxidation sites excluding steroid dienone is 24. The highest BCUT2D eigenvalue weighted by Crippen LogP contribution is 2.38. The molecule has 0 amide bonds. The van der Waals surface area contributed by atoms with Gasteiger partial charge in [0.1, 0.15) is 19.8 Å². The van der Waals surface area contributed by atoms with Crippen molar-refractivity contribution in [2.24, 2.45) is 0 Å². The zero-order valence-corrected chi connectivity index (χ0v) is 52.4. The molecule has 0 aromatic carbocycles. The van der Waals surface area contributed by atoms with Gasteiger partial charge >= 0.3 is 11.9 Å². The van der Waals surface area contributed by atoms with E-state index in [1.807, 2.05) is 21.1 Å². The maximum Gasteiger partial charge on any atom is 0.306 e. The molecule has 0 saturated carbocycles. The van der Waals surface area contributed by atoms with E-state index in [0.29, 0.717) is 23.9 Å². The number of ether oxygens (including phenoxy) is 2. The van der Waals surface area contributed by atoms with E-state index in [-0.39, 0.29) is 26.1 Å². The number of esters is 2. The van der Waals surface area contributed by atoms with Gasteiger partial charge in [0, 0.05) is 12.8 Å². The van der Waals surface area contributed by atoms with Gasteiger partial charge in [-0.25, -0.2) is 0 Å². The molecule has 0 radical (unpaired) electrons. The van der Waals surface area contributed by atoms with Crippen LogP contribution in [0, 0.1) is 0 Å². The minimum Gasteiger partial charge on any atom is -0.756 e. The van der Waals surface area contributed by atoms with Gasteiger partial charge in [0.05, 0.1) is 27.7 Å². The molecule has 10 heteroatoms. The van der Waals surface area contributed by atoms with Gasteiger partial charge in [-0.05, 0) is 116 Å². The first-order valence-corrected chi connectivity index (χ1v) is 33.0. The second kappa shape index (κ2) is 59.5. The van der Waals surface area contributed by atoms with Gasteiger partial charge in [-0.15, -0.1) is 0 Å². The highest BCUT2D eigenvalue weighted by molar-refractivity contribution is 7.45. The smallest absolute Gasteiger partial charge is 0.306 e. The van der Waals surface area contributed by atoms with E-state index >= 15 is 0 Å². The lowest BCUT2D eigenvalue weighted by Crippen LogP contribution is -2.37. The molecule has 2 atom stereocenters. The summed E-state index contributed by atoms with van der Waals surface area (Å²) in [5.74, 6) is -0.869. The monoisotopic (exact) mass is 1130 g/mol. The topological polar surface area (TPSA) is 111 Å². The van der Waals surface area contributed by atoms with Crippen LogP contribution in [0.2, 0.25) is 0 Å². The van der Waals surface area contributed by atoms with Crippen LogP contribution >= 0.6 is 7.82 Å². The van der Waals surface area contributed by atoms with Crippen molar-refractivity contribution in [2.45, 2.75) is 238 Å². The van der Waals surface area contributed by atoms with Crippen molar-refractivity contribution in [1.29, 1.82) is 0 Å². The SMILES string of the molecule is CC/C=C\C/C=C\C/C=C\C/C=C\C/C=C\C/C=C\C/C=C\C/C=C\CCCCCCCCCCCCCCCCC(=O)OC(COC(=O)CCCCCC/C=C\C/C=C\C/C=C\C/C=C\CC)COP(=O)([O-])OCC[N+](C)(C)C. The molecule has 2 unspecified atom stereocenters. The van der Waals surface area contributed by atoms with E-state index in [0.717, 1.165) is 122 Å². The average Bonchev–Trinajstić information content (AvgIpc) is 3.42. The zero-order chi connectivity index (χ0) is 58.4. The molecule has 9 nitrogen and oxygen atoms in total. The standard InChI is InChI=1S/C70H116NO8P/c1-6-8-10-12-14-16-18-20-22-24-25-26-27-28-29-30-31-32-33-34-35-36-37-38-39-40-41-42-43-44-45-47-49-51-53-55-57-59-61-63-70(73)79-68(67-78-80(74,75)77-65-64-71(3,4)5)66-76-69(72)62-60-58-56-54-52-50-48-46-23-21-19-17-15-13-11-9-7-2/h8-11,14-17,20-23,25-26,28-29,31-32,34-35,37-38,48,50,68H,6-7,12-13,18-19,24,27,30,33,36,39-47,49,51-67H2,1-5H3/b10-8-,11-9-,16-14-,17-15-,22-20-,23-21-,26-25-,29-28-,32-31-,35-34-,38-37-,50-48-. The number of hydrogen-bond donors (Lipinski definition) is 0. The summed E-state index contributed by atoms with van der Waals surface area (Å²) in [5.41, 5.74) is 0. The summed E-state index contributed by atoms with van der Waals surface area (Å²) in [5, 5.41) is 0. The number of phosphoric ester groups is 1. The average molecular weight is 1130 g/mol. The fraction of sp³-hybridized carbons (Fsp3) is 0.629. The Bertz CT molecular complexity index is 1860. The van der Waals surface area contributed by atoms with E-state index in [2.05, 4.69) is 160 Å². The number of unbranched alkanes of at least 4 members (excludes halogenated alkanes) is 18. The number of phosphoric acid groups is 1. The fourth-order valence-corrected chi connectivity index (χ4v) is 8.80. The van der Waals surface area contributed by atoms with Crippen LogP contribution in [0.25, 0.3) is 0 Å². The van der Waals surface area contributed by atoms with Crippen molar-refractivity contribution in [3.63, 3.8) is 0 Å². The van der Waals surface area contributed by atoms with Gasteiger partial charge in [-0.2, -0.15) is 0 Å². The number of carbonyl (C=O) groups is 2. The molecule has 0 rings (SSSR count). The van der Waals surface area contributed by atoms with Crippen LogP contribution in [0.3, 0.4) is 0 Å². The highest BCUT2D eigenvalue weighted by atomic mass is 31.2. The van der Waals surface area contributed by atoms with E-state index < -0.39 is 32.5 Å². The third-order valence-electron chi connectivity index (χ3n) is 12.9. The maximum atomic E-state index is 12.8. The van der Waals surface area contributed by atoms with Gasteiger partial charge in [0.2, 0.25) is 0 Å². The normalized spacial score (nSPS) is 14.2. The third-order valence-corrected chi connectivity index (χ3v) is 13.8. The Morgan fingerprint density at radius 3 is 1.00 bits per heavy atom. The summed E-state index contributed by atoms with van der Waals surface area (Å²) in [6.07, 6.45) is 87.7. The summed E-state index contributed by atoms with van der Waals surface area (Å²) in [6.45, 7) is 3.97. The molecule has 0 spiro atoms. The quantitative estimate of drug-likeness (QED) is 0.0195. The first-order valence-electron chi connectivity index (χ1n) is 31.5. The zero-order valence-electron chi connectivity index (χ0n) is 51.5. The molecular formula is C70H116NO8P. The summed E-state index contributed by atoms with van der Waals surface area (Å²) in [4.78, 5) is 37.9. The molecule has 0 bridgehead atoms. The summed E-state index contributed by atoms with van der Waals surface area (Å²) in [7, 11) is 1.14. The van der Waals surface area contributed by atoms with Crippen molar-refractivity contribution < 1.29 is 42.1 Å². The molecule has 0 aliphatic carbocycles. The van der Waals surface area contributed by atoms with Crippen LogP contribution in [0.1, 0.15) is 232 Å². The van der Waals surface area contributed by atoms with Crippen LogP contribution < -0.4 is 4.89 Å². The van der Waals surface area contributed by atoms with E-state index in [9.17, 15) is 19.0 Å². The van der Waals surface area contributed by atoms with Crippen LogP contribution in [0.15, 0.2) is 146 Å². The highest BCUT2D eigenvalue weighted by Gasteiger charge is 2.22. The molecule has 454 valence electrons. The minimum atomic E-state index is -4.65. The third kappa shape index (κ3) is 63.1. The summed E-state index contributed by atoms with van der Waals surface area (Å²) < 4.78 is 34.1. The second-order valence-electron chi connectivity index (χ2n) is 21.7. The van der Waals surface area contributed by atoms with E-state index in [4.69, 9.17) is 18.5 Å². The number of rotatable bonds is 56. The summed E-state index contributed by atoms with van der Waals surface area (Å²) in [6, 6.07) is 0. The van der Waals surface area contributed by atoms with Crippen LogP contribution in [-0.4, -0.2) is 70.0 Å². The van der Waals surface area contributed by atoms with Gasteiger partial charge in [-0.3, -0.25) is 14.2 Å². The Kier molecular flexibility index (Phi) is 56.5. The molecule has 0 saturated heterocycles. The molecule has 0 aliphatic rings. The lowest BCUT2D eigenvalue weighted by molar-refractivity contribution is -0.870. The summed E-state index contributed by atoms with van der Waals surface area (Å²) >= 11 is 0. The molecule has 0 fully saturated rings. The van der Waals surface area contributed by atoms with Crippen molar-refractivity contribution in [2.75, 3.05) is 47.5 Å². The second-order valence-corrected chi connectivity index (χ2v) is 23.1. The van der Waals surface area contributed by atoms with Gasteiger partial charge in [0.25, 0.3) is 7.82 Å². The Hall–Kier alpha value is -4.11. The van der Waals surface area contributed by atoms with Gasteiger partial charge < -0.3 is 27.9 Å². The number of carbonyl (C=O) groups excluding carboxylic acids is 2. The lowest BCUT2D eigenvalue weighted by atomic mass is 10.0. The number of nitrogens with zero attached hydrogens (tertiary/aromatic N) is 1. The number of likely N-dealkylation sites (N-methyl/N-ethyl adjacent to an activating group) is 1. The lowest BCUT2D eigenvalue weighted by Gasteiger charge is -2.28. The van der Waals surface area contributed by atoms with E-state index in [1.54, 1.807) is 0 Å². The van der Waals surface area contributed by atoms with Crippen molar-refractivity contribution in [1.82, 2.24) is 0 Å². The van der Waals surface area contributed by atoms with Gasteiger partial charge in [-0.1, -0.05) is 250 Å². The number of quaternary nitrogens is 1. The van der Waals surface area contributed by atoms with Crippen molar-refractivity contribution in [3.8, 4) is 0 Å².